The van der Waals surface area contributed by atoms with Crippen LogP contribution in [0.3, 0.4) is 0 Å². The van der Waals surface area contributed by atoms with Crippen LogP contribution in [0.2, 0.25) is 0 Å². The molecule has 4 aliphatic rings. The molecule has 0 atom stereocenters. The van der Waals surface area contributed by atoms with Crippen molar-refractivity contribution in [2.75, 3.05) is 19.6 Å². The second kappa shape index (κ2) is 19.0. The summed E-state index contributed by atoms with van der Waals surface area (Å²) in [4.78, 5) is 39.7. The smallest absolute Gasteiger partial charge is 0.422 e. The zero-order chi connectivity index (χ0) is 50.3. The Morgan fingerprint density at radius 1 is 0.657 bits per heavy atom. The zero-order valence-electron chi connectivity index (χ0n) is 35.7. The number of nitriles is 2. The van der Waals surface area contributed by atoms with Crippen molar-refractivity contribution in [3.63, 3.8) is 0 Å². The molecule has 0 bridgehead atoms. The predicted octanol–water partition coefficient (Wildman–Crippen LogP) is 7.31. The van der Waals surface area contributed by atoms with Gasteiger partial charge in [0.05, 0.1) is 46.2 Å². The molecule has 10 rings (SSSR count). The molecule has 2 amide bonds. The monoisotopic (exact) mass is 1060 g/mol. The normalized spacial score (nSPS) is 16.8. The SMILES string of the molecule is N#Cc1ncc(N2C(=O)C3(CCC3)N(c3ccc(-c4ccn[nH]4)cc3)C2=S)cc1C(F)(F)F.N#Cc1ncc(N2C(=O)C3(CCC3)N(c3ccc(Br)cc3)C2=S)cc1C(F)(F)F.OB(O)c1ccn[nH]1. The molecule has 356 valence electrons. The number of halogens is 7. The second-order valence-corrected chi connectivity index (χ2v) is 17.7. The second-order valence-electron chi connectivity index (χ2n) is 16.1. The van der Waals surface area contributed by atoms with Crippen LogP contribution < -0.4 is 25.2 Å². The third-order valence-corrected chi connectivity index (χ3v) is 13.4. The molecule has 0 radical (unpaired) electrons. The maximum absolute atomic E-state index is 13.5. The number of pyridine rings is 2. The maximum Gasteiger partial charge on any atom is 0.507 e. The minimum absolute atomic E-state index is 0.0774. The van der Waals surface area contributed by atoms with Crippen LogP contribution in [-0.4, -0.2) is 80.6 Å². The van der Waals surface area contributed by atoms with Gasteiger partial charge in [-0.1, -0.05) is 28.1 Å². The molecule has 2 aliphatic heterocycles. The lowest BCUT2D eigenvalue weighted by atomic mass is 9.75. The molecule has 16 nitrogen and oxygen atoms in total. The van der Waals surface area contributed by atoms with E-state index in [4.69, 9.17) is 45.0 Å². The summed E-state index contributed by atoms with van der Waals surface area (Å²) in [6.45, 7) is 0. The van der Waals surface area contributed by atoms with E-state index in [0.29, 0.717) is 42.7 Å². The average Bonchev–Trinajstić information content (AvgIpc) is 4.12. The van der Waals surface area contributed by atoms with E-state index < -0.39 is 59.0 Å². The van der Waals surface area contributed by atoms with Crippen LogP contribution in [0.5, 0.6) is 0 Å². The Balaban J connectivity index is 0.000000163. The minimum Gasteiger partial charge on any atom is -0.422 e. The van der Waals surface area contributed by atoms with Crippen LogP contribution in [0.1, 0.15) is 61.0 Å². The molecule has 4 N–H and O–H groups in total. The van der Waals surface area contributed by atoms with Crippen molar-refractivity contribution < 1.29 is 46.0 Å². The molecule has 4 fully saturated rings. The van der Waals surface area contributed by atoms with Gasteiger partial charge in [0.2, 0.25) is 0 Å². The lowest BCUT2D eigenvalue weighted by Gasteiger charge is -2.43. The van der Waals surface area contributed by atoms with Crippen molar-refractivity contribution in [2.45, 2.75) is 62.0 Å². The largest absolute Gasteiger partial charge is 0.507 e. The molecular formula is C44H32BBrF6N12O4S2. The van der Waals surface area contributed by atoms with Gasteiger partial charge in [-0.3, -0.25) is 29.6 Å². The first-order valence-corrected chi connectivity index (χ1v) is 22.4. The Hall–Kier alpha value is -7.10. The summed E-state index contributed by atoms with van der Waals surface area (Å²) in [6, 6.07) is 22.3. The fourth-order valence-corrected chi connectivity index (χ4v) is 9.59. The van der Waals surface area contributed by atoms with Gasteiger partial charge in [-0.2, -0.15) is 47.1 Å². The first kappa shape index (κ1) is 49.3. The predicted molar refractivity (Wildman–Crippen MR) is 253 cm³/mol. The molecule has 2 saturated carbocycles. The molecule has 6 aromatic rings. The van der Waals surface area contributed by atoms with E-state index in [2.05, 4.69) is 46.3 Å². The van der Waals surface area contributed by atoms with Crippen LogP contribution >= 0.6 is 40.4 Å². The number of anilines is 4. The summed E-state index contributed by atoms with van der Waals surface area (Å²) >= 11 is 14.5. The van der Waals surface area contributed by atoms with E-state index in [-0.39, 0.29) is 27.5 Å². The third-order valence-electron chi connectivity index (χ3n) is 12.1. The Labute approximate surface area is 412 Å². The lowest BCUT2D eigenvalue weighted by Crippen LogP contribution is -2.55. The van der Waals surface area contributed by atoms with Crippen LogP contribution in [0.25, 0.3) is 11.3 Å². The van der Waals surface area contributed by atoms with E-state index in [1.807, 2.05) is 42.5 Å². The van der Waals surface area contributed by atoms with Crippen molar-refractivity contribution in [1.82, 2.24) is 30.4 Å². The molecule has 2 aliphatic carbocycles. The Morgan fingerprint density at radius 3 is 1.41 bits per heavy atom. The van der Waals surface area contributed by atoms with E-state index in [1.165, 1.54) is 24.4 Å². The summed E-state index contributed by atoms with van der Waals surface area (Å²) in [5.41, 5.74) is -2.60. The van der Waals surface area contributed by atoms with Gasteiger partial charge in [0.1, 0.15) is 23.2 Å². The molecule has 6 heterocycles. The Bertz CT molecular complexity index is 3070. The number of carbonyl (C=O) groups excluding carboxylic acids is 2. The van der Waals surface area contributed by atoms with Crippen molar-refractivity contribution in [2.24, 2.45) is 0 Å². The summed E-state index contributed by atoms with van der Waals surface area (Å²) < 4.78 is 81.4. The summed E-state index contributed by atoms with van der Waals surface area (Å²) in [5, 5.41) is 47.6. The number of alkyl halides is 6. The van der Waals surface area contributed by atoms with Gasteiger partial charge in [0, 0.05) is 28.2 Å². The molecule has 2 aromatic carbocycles. The summed E-state index contributed by atoms with van der Waals surface area (Å²) in [7, 11) is -1.43. The number of nitrogens with one attached hydrogen (secondary N) is 2. The third kappa shape index (κ3) is 8.88. The van der Waals surface area contributed by atoms with Gasteiger partial charge < -0.3 is 19.8 Å². The highest BCUT2D eigenvalue weighted by Gasteiger charge is 2.61. The number of H-pyrrole nitrogens is 2. The molecular weight excluding hydrogens is 1030 g/mol. The highest BCUT2D eigenvalue weighted by atomic mass is 79.9. The van der Waals surface area contributed by atoms with Gasteiger partial charge >= 0.3 is 19.5 Å². The van der Waals surface area contributed by atoms with E-state index >= 15 is 0 Å². The van der Waals surface area contributed by atoms with Gasteiger partial charge in [-0.05, 0) is 129 Å². The highest BCUT2D eigenvalue weighted by molar-refractivity contribution is 9.10. The zero-order valence-corrected chi connectivity index (χ0v) is 38.9. The molecule has 2 saturated heterocycles. The Morgan fingerprint density at radius 2 is 1.09 bits per heavy atom. The van der Waals surface area contributed by atoms with Gasteiger partial charge in [0.25, 0.3) is 11.8 Å². The number of carbonyl (C=O) groups is 2. The number of thiocarbonyl (C=S) groups is 2. The minimum atomic E-state index is -4.80. The number of aromatic amines is 2. The fraction of sp³-hybridized carbons (Fsp3) is 0.227. The van der Waals surface area contributed by atoms with Gasteiger partial charge in [-0.25, -0.2) is 9.97 Å². The van der Waals surface area contributed by atoms with E-state index in [0.717, 1.165) is 62.9 Å². The lowest BCUT2D eigenvalue weighted by molar-refractivity contribution is -0.138. The number of benzene rings is 2. The molecule has 0 unspecified atom stereocenters. The maximum atomic E-state index is 13.5. The molecule has 2 spiro atoms. The van der Waals surface area contributed by atoms with E-state index in [9.17, 15) is 35.9 Å². The fourth-order valence-electron chi connectivity index (χ4n) is 8.39. The highest BCUT2D eigenvalue weighted by Crippen LogP contribution is 2.50. The molecule has 26 heteroatoms. The molecule has 70 heavy (non-hydrogen) atoms. The van der Waals surface area contributed by atoms with Gasteiger partial charge in [0.15, 0.2) is 21.6 Å². The van der Waals surface area contributed by atoms with Crippen molar-refractivity contribution in [1.29, 1.82) is 10.5 Å². The van der Waals surface area contributed by atoms with Crippen LogP contribution in [-0.2, 0) is 21.9 Å². The van der Waals surface area contributed by atoms with Crippen LogP contribution in [0.4, 0.5) is 49.1 Å². The van der Waals surface area contributed by atoms with Crippen molar-refractivity contribution in [3.8, 4) is 23.4 Å². The number of nitrogens with zero attached hydrogens (tertiary/aromatic N) is 10. The summed E-state index contributed by atoms with van der Waals surface area (Å²) in [6.07, 6.45) is -0.561. The van der Waals surface area contributed by atoms with E-state index in [1.54, 1.807) is 28.1 Å². The molecule has 4 aromatic heterocycles. The number of hydrogen-bond donors (Lipinski definition) is 4. The number of rotatable bonds is 6. The first-order valence-electron chi connectivity index (χ1n) is 20.8. The van der Waals surface area contributed by atoms with Crippen molar-refractivity contribution in [3.05, 3.63) is 125 Å². The number of aromatic nitrogens is 6. The summed E-state index contributed by atoms with van der Waals surface area (Å²) in [5.74, 6) is -0.771. The standard InChI is InChI=1S/C22H15F3N6OS.C19H12BrF3N4OS.C3H5BN2O2/c23-22(24,25)16-10-15(12-27-18(16)11-26)30-19(32)21(7-1-8-21)31(20(30)33)14-4-2-13(3-5-14)17-6-9-28-29-17;20-11-2-4-12(5-3-11)27-17(29)26(16(28)18(27)6-1-7-18)13-8-14(19(21,22)23)15(9-24)25-10-13;7-4(8)3-1-2-5-6-3/h2-6,9-10,12H,1,7-8H2,(H,28,29);2-5,8,10H,1,6-7H2;1-2,7-8H,(H,5,6). The Kier molecular flexibility index (Phi) is 13.4. The van der Waals surface area contributed by atoms with Gasteiger partial charge in [-0.15, -0.1) is 0 Å². The van der Waals surface area contributed by atoms with Crippen LogP contribution in [0.15, 0.2) is 102 Å². The number of hydrogen-bond acceptors (Lipinski definition) is 12. The quantitative estimate of drug-likeness (QED) is 0.0731. The van der Waals surface area contributed by atoms with Crippen LogP contribution in [0, 0.1) is 22.7 Å². The number of amides is 2. The average molecular weight is 1060 g/mol. The topological polar surface area (TPSA) is 218 Å². The van der Waals surface area contributed by atoms with Crippen molar-refractivity contribution >= 4 is 97.9 Å². The first-order chi connectivity index (χ1) is 33.3.